The Kier molecular flexibility index (Phi) is 1.94. The summed E-state index contributed by atoms with van der Waals surface area (Å²) < 4.78 is 0. The number of hydrogen-bond donors (Lipinski definition) is 2. The van der Waals surface area contributed by atoms with Gasteiger partial charge in [0.1, 0.15) is 6.17 Å². The van der Waals surface area contributed by atoms with Crippen molar-refractivity contribution in [2.24, 2.45) is 16.6 Å². The zero-order chi connectivity index (χ0) is 7.56. The van der Waals surface area contributed by atoms with Crippen LogP contribution < -0.4 is 11.1 Å². The van der Waals surface area contributed by atoms with Crippen LogP contribution in [0, 0.1) is 5.92 Å². The van der Waals surface area contributed by atoms with Crippen LogP contribution in [-0.4, -0.2) is 12.4 Å². The summed E-state index contributed by atoms with van der Waals surface area (Å²) >= 11 is 0. The van der Waals surface area contributed by atoms with E-state index in [1.807, 2.05) is 0 Å². The smallest absolute Gasteiger partial charge is 0.120 e. The van der Waals surface area contributed by atoms with E-state index in [2.05, 4.69) is 24.2 Å². The van der Waals surface area contributed by atoms with Crippen molar-refractivity contribution in [3.63, 3.8) is 0 Å². The topological polar surface area (TPSA) is 50.4 Å². The Bertz CT molecular complexity index is 170. The van der Waals surface area contributed by atoms with Crippen LogP contribution >= 0.6 is 0 Å². The molecule has 56 valence electrons. The average Bonchev–Trinajstić information content (AvgIpc) is 1.88. The minimum Gasteiger partial charge on any atom is -0.396 e. The molecular weight excluding hydrogens is 126 g/mol. The Morgan fingerprint density at radius 1 is 1.70 bits per heavy atom. The third-order valence-corrected chi connectivity index (χ3v) is 1.44. The van der Waals surface area contributed by atoms with Crippen molar-refractivity contribution in [3.8, 4) is 0 Å². The Morgan fingerprint density at radius 3 is 2.80 bits per heavy atom. The van der Waals surface area contributed by atoms with Crippen molar-refractivity contribution >= 4 is 6.21 Å². The molecule has 0 aromatic carbocycles. The average molecular weight is 139 g/mol. The third kappa shape index (κ3) is 1.50. The Balaban J connectivity index is 2.52. The molecule has 1 aliphatic heterocycles. The molecule has 1 unspecified atom stereocenters. The third-order valence-electron chi connectivity index (χ3n) is 1.44. The van der Waals surface area contributed by atoms with Crippen LogP contribution in [-0.2, 0) is 0 Å². The number of nitrogens with one attached hydrogen (secondary N) is 1. The molecule has 0 aromatic heterocycles. The molecule has 3 N–H and O–H groups in total. The first-order valence-corrected chi connectivity index (χ1v) is 3.45. The zero-order valence-electron chi connectivity index (χ0n) is 6.33. The summed E-state index contributed by atoms with van der Waals surface area (Å²) in [5.74, 6) is 0.514. The van der Waals surface area contributed by atoms with E-state index in [-0.39, 0.29) is 6.17 Å². The molecule has 0 radical (unpaired) electrons. The summed E-state index contributed by atoms with van der Waals surface area (Å²) in [4.78, 5) is 4.18. The van der Waals surface area contributed by atoms with Crippen LogP contribution in [0.1, 0.15) is 13.8 Å². The van der Waals surface area contributed by atoms with Gasteiger partial charge in [0.15, 0.2) is 0 Å². The second-order valence-electron chi connectivity index (χ2n) is 2.78. The van der Waals surface area contributed by atoms with Crippen molar-refractivity contribution in [2.45, 2.75) is 20.0 Å². The largest absolute Gasteiger partial charge is 0.396 e. The highest BCUT2D eigenvalue weighted by atomic mass is 15.1. The second-order valence-corrected chi connectivity index (χ2v) is 2.78. The van der Waals surface area contributed by atoms with Gasteiger partial charge in [0.2, 0.25) is 0 Å². The van der Waals surface area contributed by atoms with E-state index >= 15 is 0 Å². The molecule has 1 rings (SSSR count). The highest BCUT2D eigenvalue weighted by Gasteiger charge is 2.10. The summed E-state index contributed by atoms with van der Waals surface area (Å²) in [6.07, 6.45) is 3.69. The highest BCUT2D eigenvalue weighted by Crippen LogP contribution is 2.05. The molecule has 0 aromatic rings. The fourth-order valence-electron chi connectivity index (χ4n) is 0.793. The lowest BCUT2D eigenvalue weighted by atomic mass is 10.1. The van der Waals surface area contributed by atoms with Gasteiger partial charge in [-0.15, -0.1) is 0 Å². The SMILES string of the molecule is CC(C)C1N=CC(N)=CN1. The Morgan fingerprint density at radius 2 is 2.40 bits per heavy atom. The first-order valence-electron chi connectivity index (χ1n) is 3.45. The molecule has 0 fully saturated rings. The maximum atomic E-state index is 5.45. The highest BCUT2D eigenvalue weighted by molar-refractivity contribution is 5.77. The van der Waals surface area contributed by atoms with Gasteiger partial charge in [-0.05, 0) is 5.92 Å². The van der Waals surface area contributed by atoms with E-state index in [1.165, 1.54) is 0 Å². The van der Waals surface area contributed by atoms with Crippen LogP contribution in [0.4, 0.5) is 0 Å². The fraction of sp³-hybridized carbons (Fsp3) is 0.571. The molecule has 0 saturated heterocycles. The molecular formula is C7H13N3. The minimum atomic E-state index is 0.201. The van der Waals surface area contributed by atoms with E-state index in [0.29, 0.717) is 11.6 Å². The van der Waals surface area contributed by atoms with Gasteiger partial charge in [0, 0.05) is 12.4 Å². The number of rotatable bonds is 1. The van der Waals surface area contributed by atoms with E-state index in [4.69, 9.17) is 5.73 Å². The van der Waals surface area contributed by atoms with Gasteiger partial charge in [-0.3, -0.25) is 4.99 Å². The summed E-state index contributed by atoms with van der Waals surface area (Å²) in [7, 11) is 0. The predicted molar refractivity (Wildman–Crippen MR) is 42.5 cm³/mol. The fourth-order valence-corrected chi connectivity index (χ4v) is 0.793. The van der Waals surface area contributed by atoms with E-state index in [9.17, 15) is 0 Å². The molecule has 1 aliphatic rings. The summed E-state index contributed by atoms with van der Waals surface area (Å²) in [5.41, 5.74) is 6.14. The van der Waals surface area contributed by atoms with Gasteiger partial charge < -0.3 is 11.1 Å². The van der Waals surface area contributed by atoms with Crippen molar-refractivity contribution < 1.29 is 0 Å². The van der Waals surface area contributed by atoms with Crippen LogP contribution in [0.25, 0.3) is 0 Å². The lowest BCUT2D eigenvalue weighted by molar-refractivity contribution is 0.454. The van der Waals surface area contributed by atoms with Crippen molar-refractivity contribution in [3.05, 3.63) is 11.9 Å². The van der Waals surface area contributed by atoms with E-state index < -0.39 is 0 Å². The Hall–Kier alpha value is -0.990. The molecule has 3 heteroatoms. The van der Waals surface area contributed by atoms with Gasteiger partial charge in [-0.1, -0.05) is 13.8 Å². The molecule has 0 saturated carbocycles. The van der Waals surface area contributed by atoms with E-state index in [1.54, 1.807) is 12.4 Å². The molecule has 1 atom stereocenters. The summed E-state index contributed by atoms with van der Waals surface area (Å²) in [5, 5.41) is 3.08. The lowest BCUT2D eigenvalue weighted by Gasteiger charge is -2.19. The maximum absolute atomic E-state index is 5.45. The molecule has 3 nitrogen and oxygen atoms in total. The first-order chi connectivity index (χ1) is 4.70. The quantitative estimate of drug-likeness (QED) is 0.554. The summed E-state index contributed by atoms with van der Waals surface area (Å²) in [6, 6.07) is 0. The van der Waals surface area contributed by atoms with E-state index in [0.717, 1.165) is 0 Å². The van der Waals surface area contributed by atoms with Gasteiger partial charge in [0.25, 0.3) is 0 Å². The summed E-state index contributed by atoms with van der Waals surface area (Å²) in [6.45, 7) is 4.23. The maximum Gasteiger partial charge on any atom is 0.120 e. The van der Waals surface area contributed by atoms with Gasteiger partial charge in [0.05, 0.1) is 5.70 Å². The number of nitrogens with two attached hydrogens (primary N) is 1. The monoisotopic (exact) mass is 139 g/mol. The molecule has 0 bridgehead atoms. The second kappa shape index (κ2) is 2.73. The molecule has 0 amide bonds. The molecule has 0 spiro atoms. The van der Waals surface area contributed by atoms with Crippen LogP contribution in [0.15, 0.2) is 16.9 Å². The van der Waals surface area contributed by atoms with Crippen LogP contribution in [0.3, 0.4) is 0 Å². The molecule has 0 aliphatic carbocycles. The minimum absolute atomic E-state index is 0.201. The predicted octanol–water partition coefficient (Wildman–Crippen LogP) is 0.443. The first kappa shape index (κ1) is 7.12. The van der Waals surface area contributed by atoms with Gasteiger partial charge >= 0.3 is 0 Å². The van der Waals surface area contributed by atoms with Crippen molar-refractivity contribution in [1.82, 2.24) is 5.32 Å². The van der Waals surface area contributed by atoms with Gasteiger partial charge in [-0.25, -0.2) is 0 Å². The number of allylic oxidation sites excluding steroid dienone is 1. The number of nitrogens with zero attached hydrogens (tertiary/aromatic N) is 1. The molecule has 1 heterocycles. The number of hydrogen-bond acceptors (Lipinski definition) is 3. The normalized spacial score (nSPS) is 24.3. The van der Waals surface area contributed by atoms with Crippen LogP contribution in [0.2, 0.25) is 0 Å². The molecule has 10 heavy (non-hydrogen) atoms. The van der Waals surface area contributed by atoms with Crippen LogP contribution in [0.5, 0.6) is 0 Å². The number of aliphatic imine (C=N–C) groups is 1. The van der Waals surface area contributed by atoms with Crippen molar-refractivity contribution in [1.29, 1.82) is 0 Å². The Labute approximate surface area is 61.0 Å². The zero-order valence-corrected chi connectivity index (χ0v) is 6.33. The van der Waals surface area contributed by atoms with Gasteiger partial charge in [-0.2, -0.15) is 0 Å². The standard InChI is InChI=1S/C7H13N3/c1-5(2)7-9-3-6(8)4-10-7/h3-5,7,9H,8H2,1-2H3. The lowest BCUT2D eigenvalue weighted by Crippen LogP contribution is -2.32. The van der Waals surface area contributed by atoms with Crippen molar-refractivity contribution in [2.75, 3.05) is 0 Å².